The van der Waals surface area contributed by atoms with Crippen LogP contribution in [0.3, 0.4) is 0 Å². The van der Waals surface area contributed by atoms with Crippen LogP contribution in [0.25, 0.3) is 0 Å². The van der Waals surface area contributed by atoms with E-state index in [1.165, 1.54) is 6.08 Å². The van der Waals surface area contributed by atoms with Gasteiger partial charge in [-0.15, -0.1) is 0 Å². The third-order valence-electron chi connectivity index (χ3n) is 0.757. The predicted molar refractivity (Wildman–Crippen MR) is 34.9 cm³/mol. The highest BCUT2D eigenvalue weighted by molar-refractivity contribution is 5.86. The summed E-state index contributed by atoms with van der Waals surface area (Å²) in [6, 6.07) is 0. The molecule has 0 saturated heterocycles. The lowest BCUT2D eigenvalue weighted by Crippen LogP contribution is -2.28. The number of carbonyl (C=O) groups excluding carboxylic acids is 1. The largest absolute Gasteiger partial charge is 0.392 e. The number of aliphatic hydroxyl groups is 1. The van der Waals surface area contributed by atoms with E-state index < -0.39 is 6.10 Å². The average Bonchev–Trinajstić information content (AvgIpc) is 1.83. The molecule has 0 saturated carbocycles. The fraction of sp³-hybridized carbons (Fsp3) is 0.500. The van der Waals surface area contributed by atoms with Crippen LogP contribution in [-0.2, 0) is 4.79 Å². The molecule has 1 amide bonds. The highest BCUT2D eigenvalue weighted by atomic mass is 16.3. The number of aliphatic hydroxyl groups excluding tert-OH is 1. The molecule has 0 radical (unpaired) electrons. The Morgan fingerprint density at radius 3 is 2.89 bits per heavy atom. The van der Waals surface area contributed by atoms with Gasteiger partial charge >= 0.3 is 0 Å². The van der Waals surface area contributed by atoms with E-state index in [0.29, 0.717) is 0 Å². The van der Waals surface area contributed by atoms with Crippen molar-refractivity contribution in [3.8, 4) is 0 Å². The van der Waals surface area contributed by atoms with Crippen molar-refractivity contribution in [2.45, 2.75) is 13.0 Å². The SMILES string of the molecule is C=CC(=O)NC[C@H](C)O. The number of hydrogen-bond acceptors (Lipinski definition) is 2. The van der Waals surface area contributed by atoms with E-state index in [1.54, 1.807) is 6.92 Å². The molecule has 0 aliphatic rings. The summed E-state index contributed by atoms with van der Waals surface area (Å²) in [4.78, 5) is 10.4. The summed E-state index contributed by atoms with van der Waals surface area (Å²) >= 11 is 0. The zero-order valence-corrected chi connectivity index (χ0v) is 5.42. The average molecular weight is 129 g/mol. The molecule has 3 heteroatoms. The monoisotopic (exact) mass is 129 g/mol. The number of amides is 1. The van der Waals surface area contributed by atoms with Crippen LogP contribution in [0.2, 0.25) is 0 Å². The summed E-state index contributed by atoms with van der Waals surface area (Å²) in [5, 5.41) is 11.1. The lowest BCUT2D eigenvalue weighted by atomic mass is 10.4. The summed E-state index contributed by atoms with van der Waals surface area (Å²) in [7, 11) is 0. The fourth-order valence-electron chi connectivity index (χ4n) is 0.320. The molecule has 0 rings (SSSR count). The Balaban J connectivity index is 3.27. The molecule has 0 unspecified atom stereocenters. The van der Waals surface area contributed by atoms with E-state index >= 15 is 0 Å². The lowest BCUT2D eigenvalue weighted by Gasteiger charge is -2.02. The minimum atomic E-state index is -0.492. The Morgan fingerprint density at radius 2 is 2.56 bits per heavy atom. The highest BCUT2D eigenvalue weighted by Crippen LogP contribution is 1.74. The first kappa shape index (κ1) is 8.17. The molecule has 9 heavy (non-hydrogen) atoms. The van der Waals surface area contributed by atoms with Gasteiger partial charge in [0.25, 0.3) is 0 Å². The van der Waals surface area contributed by atoms with Gasteiger partial charge in [-0.05, 0) is 13.0 Å². The van der Waals surface area contributed by atoms with Gasteiger partial charge in [-0.1, -0.05) is 6.58 Å². The Morgan fingerprint density at radius 1 is 2.00 bits per heavy atom. The Kier molecular flexibility index (Phi) is 3.71. The van der Waals surface area contributed by atoms with Crippen LogP contribution in [0.15, 0.2) is 12.7 Å². The fourth-order valence-corrected chi connectivity index (χ4v) is 0.320. The van der Waals surface area contributed by atoms with E-state index in [1.807, 2.05) is 0 Å². The van der Waals surface area contributed by atoms with E-state index in [-0.39, 0.29) is 12.5 Å². The molecule has 0 spiro atoms. The maximum absolute atomic E-state index is 10.4. The van der Waals surface area contributed by atoms with Crippen LogP contribution in [0.5, 0.6) is 0 Å². The summed E-state index contributed by atoms with van der Waals surface area (Å²) in [6.45, 7) is 5.13. The lowest BCUT2D eigenvalue weighted by molar-refractivity contribution is -0.116. The first-order valence-corrected chi connectivity index (χ1v) is 2.75. The predicted octanol–water partition coefficient (Wildman–Crippen LogP) is -0.331. The molecule has 0 aromatic carbocycles. The van der Waals surface area contributed by atoms with Crippen LogP contribution >= 0.6 is 0 Å². The Labute approximate surface area is 54.4 Å². The summed E-state index contributed by atoms with van der Waals surface area (Å²) in [5.74, 6) is -0.254. The third-order valence-corrected chi connectivity index (χ3v) is 0.757. The summed E-state index contributed by atoms with van der Waals surface area (Å²) in [5.41, 5.74) is 0. The van der Waals surface area contributed by atoms with Gasteiger partial charge in [0.2, 0.25) is 5.91 Å². The van der Waals surface area contributed by atoms with Gasteiger partial charge in [0.1, 0.15) is 0 Å². The number of rotatable bonds is 3. The molecule has 1 atom stereocenters. The zero-order valence-electron chi connectivity index (χ0n) is 5.42. The van der Waals surface area contributed by atoms with Crippen LogP contribution in [0.1, 0.15) is 6.92 Å². The topological polar surface area (TPSA) is 49.3 Å². The van der Waals surface area contributed by atoms with Crippen molar-refractivity contribution in [3.63, 3.8) is 0 Å². The van der Waals surface area contributed by atoms with Crippen LogP contribution in [-0.4, -0.2) is 23.7 Å². The molecular formula is C6H11NO2. The van der Waals surface area contributed by atoms with E-state index in [9.17, 15) is 4.79 Å². The van der Waals surface area contributed by atoms with Gasteiger partial charge < -0.3 is 10.4 Å². The van der Waals surface area contributed by atoms with Gasteiger partial charge in [0.05, 0.1) is 6.10 Å². The molecule has 52 valence electrons. The number of carbonyl (C=O) groups is 1. The molecule has 3 nitrogen and oxygen atoms in total. The molecule has 0 fully saturated rings. The summed E-state index contributed by atoms with van der Waals surface area (Å²) in [6.07, 6.45) is 0.677. The molecule has 0 heterocycles. The molecule has 2 N–H and O–H groups in total. The van der Waals surface area contributed by atoms with Gasteiger partial charge in [-0.25, -0.2) is 0 Å². The van der Waals surface area contributed by atoms with E-state index in [0.717, 1.165) is 0 Å². The van der Waals surface area contributed by atoms with Crippen LogP contribution in [0, 0.1) is 0 Å². The van der Waals surface area contributed by atoms with Crippen molar-refractivity contribution in [1.82, 2.24) is 5.32 Å². The molecule has 0 aliphatic heterocycles. The third kappa shape index (κ3) is 5.03. The van der Waals surface area contributed by atoms with Gasteiger partial charge in [-0.2, -0.15) is 0 Å². The normalized spacial score (nSPS) is 12.2. The molecule has 0 bridgehead atoms. The second-order valence-corrected chi connectivity index (χ2v) is 1.80. The van der Waals surface area contributed by atoms with Crippen LogP contribution in [0.4, 0.5) is 0 Å². The smallest absolute Gasteiger partial charge is 0.243 e. The second kappa shape index (κ2) is 4.09. The Bertz CT molecular complexity index is 110. The first-order valence-electron chi connectivity index (χ1n) is 2.75. The van der Waals surface area contributed by atoms with Crippen molar-refractivity contribution < 1.29 is 9.90 Å². The van der Waals surface area contributed by atoms with E-state index in [2.05, 4.69) is 11.9 Å². The maximum atomic E-state index is 10.4. The first-order chi connectivity index (χ1) is 4.16. The van der Waals surface area contributed by atoms with Gasteiger partial charge in [-0.3, -0.25) is 4.79 Å². The highest BCUT2D eigenvalue weighted by Gasteiger charge is 1.95. The minimum Gasteiger partial charge on any atom is -0.392 e. The molecule has 0 aromatic rings. The second-order valence-electron chi connectivity index (χ2n) is 1.80. The van der Waals surface area contributed by atoms with Crippen molar-refractivity contribution in [2.24, 2.45) is 0 Å². The quantitative estimate of drug-likeness (QED) is 0.512. The standard InChI is InChI=1S/C6H11NO2/c1-3-6(9)7-4-5(2)8/h3,5,8H,1,4H2,2H3,(H,7,9)/t5-/m0/s1. The molecular weight excluding hydrogens is 118 g/mol. The van der Waals surface area contributed by atoms with Crippen molar-refractivity contribution in [2.75, 3.05) is 6.54 Å². The van der Waals surface area contributed by atoms with E-state index in [4.69, 9.17) is 5.11 Å². The van der Waals surface area contributed by atoms with Crippen molar-refractivity contribution in [3.05, 3.63) is 12.7 Å². The summed E-state index contributed by atoms with van der Waals surface area (Å²) < 4.78 is 0. The van der Waals surface area contributed by atoms with Gasteiger partial charge in [0, 0.05) is 6.54 Å². The zero-order chi connectivity index (χ0) is 7.28. The molecule has 0 aromatic heterocycles. The van der Waals surface area contributed by atoms with Crippen LogP contribution < -0.4 is 5.32 Å². The minimum absolute atomic E-state index is 0.254. The number of nitrogens with one attached hydrogen (secondary N) is 1. The maximum Gasteiger partial charge on any atom is 0.243 e. The van der Waals surface area contributed by atoms with Crippen molar-refractivity contribution in [1.29, 1.82) is 0 Å². The number of hydrogen-bond donors (Lipinski definition) is 2. The molecule has 0 aliphatic carbocycles. The Hall–Kier alpha value is -0.830. The van der Waals surface area contributed by atoms with Gasteiger partial charge in [0.15, 0.2) is 0 Å². The van der Waals surface area contributed by atoms with Crippen molar-refractivity contribution >= 4 is 5.91 Å².